The molecule has 6 nitrogen and oxygen atoms in total. The summed E-state index contributed by atoms with van der Waals surface area (Å²) in [6, 6.07) is 8.19. The third kappa shape index (κ3) is 2.64. The van der Waals surface area contributed by atoms with Crippen LogP contribution in [0.3, 0.4) is 0 Å². The van der Waals surface area contributed by atoms with Gasteiger partial charge in [-0.25, -0.2) is 4.99 Å². The third-order valence-corrected chi connectivity index (χ3v) is 6.84. The number of aliphatic imine (C=N–C) groups is 1. The number of nitrogens with one attached hydrogen (secondary N) is 1. The van der Waals surface area contributed by atoms with E-state index in [9.17, 15) is 4.79 Å². The Bertz CT molecular complexity index is 943. The number of H-pyrrole nitrogens is 1. The highest BCUT2D eigenvalue weighted by atomic mass is 32.2. The smallest absolute Gasteiger partial charge is 0.269 e. The lowest BCUT2D eigenvalue weighted by atomic mass is 10.3. The summed E-state index contributed by atoms with van der Waals surface area (Å²) in [6.45, 7) is 6.40. The van der Waals surface area contributed by atoms with Crippen LogP contribution in [0.1, 0.15) is 18.3 Å². The van der Waals surface area contributed by atoms with Gasteiger partial charge in [0.2, 0.25) is 0 Å². The zero-order valence-electron chi connectivity index (χ0n) is 15.0. The number of amidine groups is 1. The van der Waals surface area contributed by atoms with E-state index in [1.165, 1.54) is 16.7 Å². The fourth-order valence-electron chi connectivity index (χ4n) is 3.00. The van der Waals surface area contributed by atoms with Gasteiger partial charge in [-0.3, -0.25) is 14.8 Å². The summed E-state index contributed by atoms with van der Waals surface area (Å²) in [7, 11) is 2.00. The summed E-state index contributed by atoms with van der Waals surface area (Å²) in [6.07, 6.45) is 0. The molecular weight excluding hydrogens is 366 g/mol. The lowest BCUT2D eigenvalue weighted by molar-refractivity contribution is -0.122. The number of carbonyl (C=O) groups excluding carboxylic acids is 1. The van der Waals surface area contributed by atoms with E-state index < -0.39 is 0 Å². The Morgan fingerprint density at radius 2 is 2.00 bits per heavy atom. The Morgan fingerprint density at radius 1 is 1.23 bits per heavy atom. The predicted octanol–water partition coefficient (Wildman–Crippen LogP) is 4.02. The number of carbonyl (C=O) groups is 1. The average Bonchev–Trinajstić information content (AvgIpc) is 3.25. The largest absolute Gasteiger partial charge is 0.337 e. The number of amides is 1. The average molecular weight is 386 g/mol. The quantitative estimate of drug-likeness (QED) is 0.791. The fourth-order valence-corrected chi connectivity index (χ4v) is 5.40. The van der Waals surface area contributed by atoms with Crippen molar-refractivity contribution in [1.82, 2.24) is 15.1 Å². The van der Waals surface area contributed by atoms with Crippen molar-refractivity contribution in [3.05, 3.63) is 45.6 Å². The molecule has 8 heteroatoms. The molecule has 0 unspecified atom stereocenters. The van der Waals surface area contributed by atoms with Crippen molar-refractivity contribution in [2.24, 2.45) is 4.99 Å². The maximum absolute atomic E-state index is 13.0. The Labute approximate surface area is 160 Å². The molecule has 3 heterocycles. The summed E-state index contributed by atoms with van der Waals surface area (Å²) in [4.78, 5) is 23.5. The second kappa shape index (κ2) is 6.51. The molecular formula is C18H19N5OS2. The van der Waals surface area contributed by atoms with Gasteiger partial charge in [-0.1, -0.05) is 23.9 Å². The van der Waals surface area contributed by atoms with Crippen LogP contribution in [0.4, 0.5) is 11.4 Å². The van der Waals surface area contributed by atoms with Gasteiger partial charge in [-0.2, -0.15) is 5.10 Å². The van der Waals surface area contributed by atoms with Gasteiger partial charge in [0.1, 0.15) is 10.6 Å². The van der Waals surface area contributed by atoms with Crippen molar-refractivity contribution in [2.45, 2.75) is 25.7 Å². The summed E-state index contributed by atoms with van der Waals surface area (Å²) >= 11 is 3.08. The molecule has 2 aliphatic rings. The van der Waals surface area contributed by atoms with E-state index in [0.717, 1.165) is 32.7 Å². The number of likely N-dealkylation sites (N-methyl/N-ethyl adjacent to an activating group) is 1. The Balaban J connectivity index is 1.76. The highest BCUT2D eigenvalue weighted by molar-refractivity contribution is 8.19. The van der Waals surface area contributed by atoms with Gasteiger partial charge in [0.15, 0.2) is 5.17 Å². The molecule has 1 aromatic heterocycles. The van der Waals surface area contributed by atoms with Gasteiger partial charge in [-0.15, -0.1) is 0 Å². The van der Waals surface area contributed by atoms with E-state index in [0.29, 0.717) is 11.7 Å². The zero-order chi connectivity index (χ0) is 18.4. The van der Waals surface area contributed by atoms with E-state index in [1.807, 2.05) is 40.0 Å². The minimum absolute atomic E-state index is 0.0113. The number of aromatic amines is 1. The van der Waals surface area contributed by atoms with Crippen LogP contribution in [0.15, 0.2) is 44.1 Å². The first-order chi connectivity index (χ1) is 12.5. The first-order valence-corrected chi connectivity index (χ1v) is 9.99. The molecule has 26 heavy (non-hydrogen) atoms. The second-order valence-corrected chi connectivity index (χ2v) is 8.10. The van der Waals surface area contributed by atoms with Gasteiger partial charge in [0.05, 0.1) is 22.1 Å². The molecule has 134 valence electrons. The molecule has 0 saturated carbocycles. The number of aryl methyl sites for hydroxylation is 2. The Kier molecular flexibility index (Phi) is 4.32. The Morgan fingerprint density at radius 3 is 2.65 bits per heavy atom. The molecule has 0 bridgehead atoms. The highest BCUT2D eigenvalue weighted by Gasteiger charge is 2.38. The monoisotopic (exact) mass is 385 g/mol. The van der Waals surface area contributed by atoms with Crippen molar-refractivity contribution < 1.29 is 4.79 Å². The zero-order valence-corrected chi connectivity index (χ0v) is 16.7. The molecule has 2 aromatic rings. The molecule has 1 saturated heterocycles. The molecule has 1 N–H and O–H groups in total. The SMILES string of the molecule is CCN1C(=O)C(=C2Sc3ccccc3N2C)SC1=Nc1c(C)n[nH]c1C. The molecule has 1 amide bonds. The van der Waals surface area contributed by atoms with Gasteiger partial charge in [-0.05, 0) is 44.7 Å². The number of para-hydroxylation sites is 1. The minimum atomic E-state index is 0.0113. The number of thioether (sulfide) groups is 2. The van der Waals surface area contributed by atoms with Crippen LogP contribution in [-0.4, -0.2) is 39.8 Å². The van der Waals surface area contributed by atoms with Crippen molar-refractivity contribution in [2.75, 3.05) is 18.5 Å². The molecule has 4 rings (SSSR count). The minimum Gasteiger partial charge on any atom is -0.337 e. The number of fused-ring (bicyclic) bond motifs is 1. The second-order valence-electron chi connectivity index (χ2n) is 6.09. The van der Waals surface area contributed by atoms with E-state index in [1.54, 1.807) is 16.7 Å². The number of aromatic nitrogens is 2. The van der Waals surface area contributed by atoms with Crippen molar-refractivity contribution >= 4 is 46.0 Å². The van der Waals surface area contributed by atoms with Gasteiger partial charge >= 0.3 is 0 Å². The molecule has 0 radical (unpaired) electrons. The van der Waals surface area contributed by atoms with Gasteiger partial charge in [0, 0.05) is 18.5 Å². The number of hydrogen-bond acceptors (Lipinski definition) is 6. The normalized spacial score (nSPS) is 21.2. The molecule has 1 aromatic carbocycles. The maximum atomic E-state index is 13.0. The number of benzene rings is 1. The van der Waals surface area contributed by atoms with Crippen LogP contribution in [0.5, 0.6) is 0 Å². The first-order valence-electron chi connectivity index (χ1n) is 8.36. The summed E-state index contributed by atoms with van der Waals surface area (Å²) in [5.41, 5.74) is 3.67. The van der Waals surface area contributed by atoms with Crippen LogP contribution in [-0.2, 0) is 4.79 Å². The molecule has 2 aliphatic heterocycles. The third-order valence-electron chi connectivity index (χ3n) is 4.41. The van der Waals surface area contributed by atoms with Crippen molar-refractivity contribution in [3.8, 4) is 0 Å². The first kappa shape index (κ1) is 17.2. The fraction of sp³-hybridized carbons (Fsp3) is 0.278. The van der Waals surface area contributed by atoms with E-state index in [2.05, 4.69) is 27.2 Å². The van der Waals surface area contributed by atoms with Crippen LogP contribution in [0.2, 0.25) is 0 Å². The van der Waals surface area contributed by atoms with E-state index in [-0.39, 0.29) is 5.91 Å². The van der Waals surface area contributed by atoms with Crippen LogP contribution in [0, 0.1) is 13.8 Å². The Hall–Kier alpha value is -2.19. The molecule has 1 fully saturated rings. The summed E-state index contributed by atoms with van der Waals surface area (Å²) in [5.74, 6) is 0.0113. The maximum Gasteiger partial charge on any atom is 0.269 e. The standard InChI is InChI=1S/C18H19N5OS2/c1-5-23-16(24)15(17-22(4)12-8-6-7-9-13(12)25-17)26-18(23)19-14-10(2)20-21-11(14)3/h6-9H,5H2,1-4H3,(H,20,21). The van der Waals surface area contributed by atoms with E-state index >= 15 is 0 Å². The topological polar surface area (TPSA) is 64.6 Å². The number of nitrogens with zero attached hydrogens (tertiary/aromatic N) is 4. The lowest BCUT2D eigenvalue weighted by Crippen LogP contribution is -2.29. The molecule has 0 spiro atoms. The van der Waals surface area contributed by atoms with Crippen LogP contribution in [0.25, 0.3) is 0 Å². The van der Waals surface area contributed by atoms with Crippen LogP contribution >= 0.6 is 23.5 Å². The van der Waals surface area contributed by atoms with Gasteiger partial charge in [0.25, 0.3) is 5.91 Å². The van der Waals surface area contributed by atoms with Crippen molar-refractivity contribution in [1.29, 1.82) is 0 Å². The summed E-state index contributed by atoms with van der Waals surface area (Å²) < 4.78 is 0. The predicted molar refractivity (Wildman–Crippen MR) is 108 cm³/mol. The van der Waals surface area contributed by atoms with Gasteiger partial charge < -0.3 is 4.90 Å². The number of anilines is 1. The highest BCUT2D eigenvalue weighted by Crippen LogP contribution is 2.49. The number of hydrogen-bond donors (Lipinski definition) is 1. The summed E-state index contributed by atoms with van der Waals surface area (Å²) in [5, 5.41) is 8.81. The lowest BCUT2D eigenvalue weighted by Gasteiger charge is -2.15. The van der Waals surface area contributed by atoms with Crippen molar-refractivity contribution in [3.63, 3.8) is 0 Å². The van der Waals surface area contributed by atoms with Crippen LogP contribution < -0.4 is 4.90 Å². The van der Waals surface area contributed by atoms with E-state index in [4.69, 9.17) is 4.99 Å². The molecule has 0 aliphatic carbocycles. The molecule has 0 atom stereocenters. The number of rotatable bonds is 2.